The molecule has 0 amide bonds. The van der Waals surface area contributed by atoms with Gasteiger partial charge in [-0.15, -0.1) is 0 Å². The molecule has 96 valence electrons. The standard InChI is InChI=1S/C10H10N2.C4H10N2/c1-2-4-9(5-3-1)8-10-11-6-7-12-10;1-2-6-4-3-5-1/h1-7H,8H2,(H,11,12);5-6H,1-4H2. The SMILES string of the molecule is C1CNCCN1.c1ccc(Cc2ncc[nH]2)cc1. The number of aromatic amines is 1. The quantitative estimate of drug-likeness (QED) is 0.743. The third kappa shape index (κ3) is 4.69. The molecule has 18 heavy (non-hydrogen) atoms. The molecule has 0 atom stereocenters. The van der Waals surface area contributed by atoms with E-state index in [0.29, 0.717) is 0 Å². The van der Waals surface area contributed by atoms with Crippen LogP contribution in [0.25, 0.3) is 0 Å². The highest BCUT2D eigenvalue weighted by molar-refractivity contribution is 5.18. The lowest BCUT2D eigenvalue weighted by Crippen LogP contribution is -2.39. The van der Waals surface area contributed by atoms with Gasteiger partial charge in [-0.2, -0.15) is 0 Å². The van der Waals surface area contributed by atoms with Gasteiger partial charge >= 0.3 is 0 Å². The molecule has 1 saturated heterocycles. The van der Waals surface area contributed by atoms with Gasteiger partial charge in [0.25, 0.3) is 0 Å². The van der Waals surface area contributed by atoms with E-state index >= 15 is 0 Å². The van der Waals surface area contributed by atoms with E-state index < -0.39 is 0 Å². The van der Waals surface area contributed by atoms with Gasteiger partial charge in [-0.25, -0.2) is 4.98 Å². The molecule has 4 heteroatoms. The topological polar surface area (TPSA) is 52.7 Å². The fourth-order valence-corrected chi connectivity index (χ4v) is 1.79. The highest BCUT2D eigenvalue weighted by atomic mass is 15.0. The zero-order valence-electron chi connectivity index (χ0n) is 10.5. The summed E-state index contributed by atoms with van der Waals surface area (Å²) in [6.45, 7) is 4.56. The average molecular weight is 244 g/mol. The van der Waals surface area contributed by atoms with Crippen LogP contribution in [0.3, 0.4) is 0 Å². The Morgan fingerprint density at radius 2 is 1.61 bits per heavy atom. The van der Waals surface area contributed by atoms with Gasteiger partial charge in [-0.3, -0.25) is 0 Å². The molecule has 0 spiro atoms. The normalized spacial score (nSPS) is 14.7. The number of rotatable bonds is 2. The Labute approximate surface area is 108 Å². The molecule has 1 aromatic heterocycles. The van der Waals surface area contributed by atoms with Gasteiger partial charge in [0.15, 0.2) is 0 Å². The second kappa shape index (κ2) is 7.63. The predicted molar refractivity (Wildman–Crippen MR) is 73.6 cm³/mol. The number of hydrogen-bond donors (Lipinski definition) is 3. The monoisotopic (exact) mass is 244 g/mol. The van der Waals surface area contributed by atoms with Crippen LogP contribution in [0.1, 0.15) is 11.4 Å². The summed E-state index contributed by atoms with van der Waals surface area (Å²) in [5.74, 6) is 1.02. The molecule has 3 rings (SSSR count). The summed E-state index contributed by atoms with van der Waals surface area (Å²) in [6, 6.07) is 10.3. The summed E-state index contributed by atoms with van der Waals surface area (Å²) < 4.78 is 0. The van der Waals surface area contributed by atoms with Gasteiger partial charge < -0.3 is 15.6 Å². The molecule has 2 aromatic rings. The number of imidazole rings is 1. The minimum absolute atomic E-state index is 0.883. The fourth-order valence-electron chi connectivity index (χ4n) is 1.79. The van der Waals surface area contributed by atoms with Crippen LogP contribution in [0.5, 0.6) is 0 Å². The lowest BCUT2D eigenvalue weighted by atomic mass is 10.1. The van der Waals surface area contributed by atoms with Crippen molar-refractivity contribution >= 4 is 0 Å². The number of nitrogens with one attached hydrogen (secondary N) is 3. The molecular weight excluding hydrogens is 224 g/mol. The molecule has 0 aliphatic carbocycles. The van der Waals surface area contributed by atoms with Crippen LogP contribution in [0, 0.1) is 0 Å². The molecular formula is C14H20N4. The fraction of sp³-hybridized carbons (Fsp3) is 0.357. The van der Waals surface area contributed by atoms with Crippen LogP contribution < -0.4 is 10.6 Å². The van der Waals surface area contributed by atoms with E-state index in [1.807, 2.05) is 24.4 Å². The predicted octanol–water partition coefficient (Wildman–Crippen LogP) is 1.18. The van der Waals surface area contributed by atoms with Gasteiger partial charge in [0, 0.05) is 45.0 Å². The van der Waals surface area contributed by atoms with Crippen molar-refractivity contribution in [1.29, 1.82) is 0 Å². The average Bonchev–Trinajstić information content (AvgIpc) is 2.96. The summed E-state index contributed by atoms with van der Waals surface area (Å²) in [6.07, 6.45) is 4.50. The number of benzene rings is 1. The molecule has 2 heterocycles. The summed E-state index contributed by atoms with van der Waals surface area (Å²) in [5, 5.41) is 6.44. The van der Waals surface area contributed by atoms with Crippen molar-refractivity contribution in [2.75, 3.05) is 26.2 Å². The van der Waals surface area contributed by atoms with Gasteiger partial charge in [0.1, 0.15) is 5.82 Å². The maximum atomic E-state index is 4.16. The van der Waals surface area contributed by atoms with E-state index in [1.165, 1.54) is 5.56 Å². The number of hydrogen-bond acceptors (Lipinski definition) is 3. The lowest BCUT2D eigenvalue weighted by molar-refractivity contribution is 0.534. The van der Waals surface area contributed by atoms with Crippen LogP contribution in [0.4, 0.5) is 0 Å². The molecule has 1 aliphatic heterocycles. The maximum absolute atomic E-state index is 4.16. The first-order valence-corrected chi connectivity index (χ1v) is 6.39. The molecule has 4 nitrogen and oxygen atoms in total. The maximum Gasteiger partial charge on any atom is 0.110 e. The van der Waals surface area contributed by atoms with E-state index in [0.717, 1.165) is 38.4 Å². The first kappa shape index (κ1) is 12.8. The summed E-state index contributed by atoms with van der Waals surface area (Å²) in [7, 11) is 0. The van der Waals surface area contributed by atoms with Gasteiger partial charge in [-0.1, -0.05) is 30.3 Å². The summed E-state index contributed by atoms with van der Waals surface area (Å²) >= 11 is 0. The van der Waals surface area contributed by atoms with E-state index in [9.17, 15) is 0 Å². The number of piperazine rings is 1. The van der Waals surface area contributed by atoms with E-state index in [4.69, 9.17) is 0 Å². The summed E-state index contributed by atoms with van der Waals surface area (Å²) in [4.78, 5) is 7.23. The molecule has 1 fully saturated rings. The highest BCUT2D eigenvalue weighted by Gasteiger charge is 1.95. The molecule has 0 radical (unpaired) electrons. The molecule has 1 aliphatic rings. The third-order valence-electron chi connectivity index (χ3n) is 2.73. The Morgan fingerprint density at radius 1 is 0.944 bits per heavy atom. The second-order valence-corrected chi connectivity index (χ2v) is 4.20. The first-order valence-electron chi connectivity index (χ1n) is 6.39. The van der Waals surface area contributed by atoms with Crippen molar-refractivity contribution in [2.45, 2.75) is 6.42 Å². The zero-order chi connectivity index (χ0) is 12.5. The summed E-state index contributed by atoms with van der Waals surface area (Å²) in [5.41, 5.74) is 1.28. The van der Waals surface area contributed by atoms with E-state index in [1.54, 1.807) is 6.20 Å². The Kier molecular flexibility index (Phi) is 5.43. The van der Waals surface area contributed by atoms with Crippen LogP contribution in [0.15, 0.2) is 42.7 Å². The molecule has 0 saturated carbocycles. The first-order chi connectivity index (χ1) is 8.95. The largest absolute Gasteiger partial charge is 0.348 e. The number of H-pyrrole nitrogens is 1. The lowest BCUT2D eigenvalue weighted by Gasteiger charge is -2.11. The van der Waals surface area contributed by atoms with Crippen molar-refractivity contribution in [1.82, 2.24) is 20.6 Å². The molecule has 1 aromatic carbocycles. The van der Waals surface area contributed by atoms with Crippen LogP contribution >= 0.6 is 0 Å². The van der Waals surface area contributed by atoms with Crippen molar-refractivity contribution < 1.29 is 0 Å². The minimum atomic E-state index is 0.883. The molecule has 0 bridgehead atoms. The minimum Gasteiger partial charge on any atom is -0.348 e. The molecule has 3 N–H and O–H groups in total. The Bertz CT molecular complexity index is 395. The Morgan fingerprint density at radius 3 is 2.11 bits per heavy atom. The van der Waals surface area contributed by atoms with Crippen molar-refractivity contribution in [2.24, 2.45) is 0 Å². The van der Waals surface area contributed by atoms with Crippen LogP contribution in [-0.2, 0) is 6.42 Å². The van der Waals surface area contributed by atoms with E-state index in [2.05, 4.69) is 32.7 Å². The number of aromatic nitrogens is 2. The Balaban J connectivity index is 0.000000169. The second-order valence-electron chi connectivity index (χ2n) is 4.20. The van der Waals surface area contributed by atoms with Crippen molar-refractivity contribution in [3.8, 4) is 0 Å². The smallest absolute Gasteiger partial charge is 0.110 e. The van der Waals surface area contributed by atoms with Gasteiger partial charge in [0.2, 0.25) is 0 Å². The highest BCUT2D eigenvalue weighted by Crippen LogP contribution is 2.03. The zero-order valence-corrected chi connectivity index (χ0v) is 10.5. The van der Waals surface area contributed by atoms with Crippen LogP contribution in [-0.4, -0.2) is 36.1 Å². The third-order valence-corrected chi connectivity index (χ3v) is 2.73. The Hall–Kier alpha value is -1.65. The van der Waals surface area contributed by atoms with Gasteiger partial charge in [-0.05, 0) is 5.56 Å². The van der Waals surface area contributed by atoms with Crippen molar-refractivity contribution in [3.63, 3.8) is 0 Å². The number of nitrogens with zero attached hydrogens (tertiary/aromatic N) is 1. The molecule has 0 unspecified atom stereocenters. The van der Waals surface area contributed by atoms with E-state index in [-0.39, 0.29) is 0 Å². The van der Waals surface area contributed by atoms with Gasteiger partial charge in [0.05, 0.1) is 0 Å². The van der Waals surface area contributed by atoms with Crippen LogP contribution in [0.2, 0.25) is 0 Å². The van der Waals surface area contributed by atoms with Crippen molar-refractivity contribution in [3.05, 3.63) is 54.1 Å².